The molecule has 0 radical (unpaired) electrons. The van der Waals surface area contributed by atoms with Crippen LogP contribution in [0.4, 0.5) is 0 Å². The van der Waals surface area contributed by atoms with Crippen molar-refractivity contribution >= 4 is 41.7 Å². The molecule has 0 atom stereocenters. The SMILES string of the molecule is Cc1nc(C2=CCCNC2)cs1.Cl.Cl. The van der Waals surface area contributed by atoms with Gasteiger partial charge in [0, 0.05) is 11.9 Å². The largest absolute Gasteiger partial charge is 0.312 e. The second-order valence-electron chi connectivity index (χ2n) is 2.95. The van der Waals surface area contributed by atoms with E-state index in [0.29, 0.717) is 0 Å². The topological polar surface area (TPSA) is 24.9 Å². The van der Waals surface area contributed by atoms with E-state index in [1.54, 1.807) is 11.3 Å². The number of aryl methyl sites for hydroxylation is 1. The minimum atomic E-state index is 0. The van der Waals surface area contributed by atoms with Crippen molar-refractivity contribution < 1.29 is 0 Å². The summed E-state index contributed by atoms with van der Waals surface area (Å²) in [5.41, 5.74) is 2.51. The van der Waals surface area contributed by atoms with Gasteiger partial charge < -0.3 is 5.32 Å². The van der Waals surface area contributed by atoms with E-state index in [1.165, 1.54) is 5.57 Å². The molecule has 0 bridgehead atoms. The van der Waals surface area contributed by atoms with E-state index >= 15 is 0 Å². The van der Waals surface area contributed by atoms with Crippen LogP contribution in [0.2, 0.25) is 0 Å². The molecule has 0 aromatic carbocycles. The predicted octanol–water partition coefficient (Wildman–Crippen LogP) is 2.67. The van der Waals surface area contributed by atoms with Gasteiger partial charge in [0.2, 0.25) is 0 Å². The highest BCUT2D eigenvalue weighted by atomic mass is 35.5. The summed E-state index contributed by atoms with van der Waals surface area (Å²) in [6.45, 7) is 4.13. The molecule has 0 saturated heterocycles. The Morgan fingerprint density at radius 1 is 1.43 bits per heavy atom. The van der Waals surface area contributed by atoms with E-state index in [0.717, 1.165) is 30.2 Å². The van der Waals surface area contributed by atoms with Gasteiger partial charge >= 0.3 is 0 Å². The maximum absolute atomic E-state index is 4.44. The molecule has 1 aliphatic heterocycles. The first-order valence-corrected chi connectivity index (χ1v) is 5.06. The van der Waals surface area contributed by atoms with Gasteiger partial charge in [0.15, 0.2) is 0 Å². The van der Waals surface area contributed by atoms with Crippen molar-refractivity contribution in [2.45, 2.75) is 13.3 Å². The molecule has 1 aromatic rings. The van der Waals surface area contributed by atoms with Crippen molar-refractivity contribution in [2.75, 3.05) is 13.1 Å². The molecule has 0 unspecified atom stereocenters. The van der Waals surface area contributed by atoms with E-state index in [1.807, 2.05) is 6.92 Å². The Balaban J connectivity index is 0.000000845. The van der Waals surface area contributed by atoms with Gasteiger partial charge in [-0.25, -0.2) is 4.98 Å². The third kappa shape index (κ3) is 3.24. The highest BCUT2D eigenvalue weighted by Gasteiger charge is 2.07. The van der Waals surface area contributed by atoms with Crippen LogP contribution in [0.25, 0.3) is 5.57 Å². The smallest absolute Gasteiger partial charge is 0.0901 e. The van der Waals surface area contributed by atoms with Gasteiger partial charge in [0.25, 0.3) is 0 Å². The Hall–Kier alpha value is -0.0900. The molecule has 0 fully saturated rings. The van der Waals surface area contributed by atoms with E-state index in [4.69, 9.17) is 0 Å². The molecule has 2 rings (SSSR count). The maximum atomic E-state index is 4.44. The lowest BCUT2D eigenvalue weighted by Crippen LogP contribution is -2.21. The van der Waals surface area contributed by atoms with Crippen molar-refractivity contribution in [2.24, 2.45) is 0 Å². The summed E-state index contributed by atoms with van der Waals surface area (Å²) in [4.78, 5) is 4.44. The lowest BCUT2D eigenvalue weighted by Gasteiger charge is -2.11. The Morgan fingerprint density at radius 2 is 2.21 bits per heavy atom. The number of rotatable bonds is 1. The van der Waals surface area contributed by atoms with Gasteiger partial charge in [0.1, 0.15) is 0 Å². The van der Waals surface area contributed by atoms with Crippen molar-refractivity contribution in [3.05, 3.63) is 22.2 Å². The zero-order valence-corrected chi connectivity index (χ0v) is 10.4. The maximum Gasteiger partial charge on any atom is 0.0901 e. The second-order valence-corrected chi connectivity index (χ2v) is 4.01. The summed E-state index contributed by atoms with van der Waals surface area (Å²) in [7, 11) is 0. The zero-order chi connectivity index (χ0) is 8.39. The predicted molar refractivity (Wildman–Crippen MR) is 66.8 cm³/mol. The first kappa shape index (κ1) is 13.9. The van der Waals surface area contributed by atoms with E-state index in [-0.39, 0.29) is 24.8 Å². The van der Waals surface area contributed by atoms with Crippen molar-refractivity contribution in [1.29, 1.82) is 0 Å². The fraction of sp³-hybridized carbons (Fsp3) is 0.444. The Kier molecular flexibility index (Phi) is 6.36. The fourth-order valence-electron chi connectivity index (χ4n) is 1.35. The highest BCUT2D eigenvalue weighted by molar-refractivity contribution is 7.09. The summed E-state index contributed by atoms with van der Waals surface area (Å²) >= 11 is 1.72. The number of hydrogen-bond donors (Lipinski definition) is 1. The molecular formula is C9H14Cl2N2S. The Morgan fingerprint density at radius 3 is 2.71 bits per heavy atom. The number of thiazole rings is 1. The molecule has 0 saturated carbocycles. The number of hydrogen-bond acceptors (Lipinski definition) is 3. The molecule has 0 amide bonds. The molecule has 5 heteroatoms. The van der Waals surface area contributed by atoms with Crippen LogP contribution < -0.4 is 5.32 Å². The van der Waals surface area contributed by atoms with Crippen LogP contribution in [0, 0.1) is 6.92 Å². The van der Waals surface area contributed by atoms with E-state index < -0.39 is 0 Å². The number of nitrogens with one attached hydrogen (secondary N) is 1. The van der Waals surface area contributed by atoms with Gasteiger partial charge in [-0.1, -0.05) is 6.08 Å². The molecule has 1 N–H and O–H groups in total. The molecule has 0 spiro atoms. The third-order valence-corrected chi connectivity index (χ3v) is 2.75. The van der Waals surface area contributed by atoms with E-state index in [2.05, 4.69) is 21.8 Å². The molecule has 1 aliphatic rings. The summed E-state index contributed by atoms with van der Waals surface area (Å²) in [6, 6.07) is 0. The normalized spacial score (nSPS) is 15.1. The van der Waals surface area contributed by atoms with Crippen LogP contribution in [0.3, 0.4) is 0 Å². The molecule has 80 valence electrons. The van der Waals surface area contributed by atoms with Crippen LogP contribution in [-0.4, -0.2) is 18.1 Å². The molecule has 14 heavy (non-hydrogen) atoms. The number of halogens is 2. The lowest BCUT2D eigenvalue weighted by atomic mass is 10.1. The van der Waals surface area contributed by atoms with Gasteiger partial charge in [-0.2, -0.15) is 0 Å². The Labute approximate surface area is 101 Å². The van der Waals surface area contributed by atoms with Crippen molar-refractivity contribution in [3.8, 4) is 0 Å². The second kappa shape index (κ2) is 6.40. The van der Waals surface area contributed by atoms with E-state index in [9.17, 15) is 0 Å². The quantitative estimate of drug-likeness (QED) is 0.832. The molecule has 1 aromatic heterocycles. The first-order valence-electron chi connectivity index (χ1n) is 4.18. The average molecular weight is 253 g/mol. The molecule has 0 aliphatic carbocycles. The van der Waals surface area contributed by atoms with Crippen LogP contribution in [0.1, 0.15) is 17.1 Å². The number of nitrogens with zero attached hydrogens (tertiary/aromatic N) is 1. The van der Waals surface area contributed by atoms with Crippen LogP contribution in [0.5, 0.6) is 0 Å². The third-order valence-electron chi connectivity index (χ3n) is 1.98. The van der Waals surface area contributed by atoms with Gasteiger partial charge in [-0.05, 0) is 25.5 Å². The van der Waals surface area contributed by atoms with Crippen molar-refractivity contribution in [3.63, 3.8) is 0 Å². The molecular weight excluding hydrogens is 239 g/mol. The van der Waals surface area contributed by atoms with Crippen LogP contribution in [-0.2, 0) is 0 Å². The summed E-state index contributed by atoms with van der Waals surface area (Å²) in [5.74, 6) is 0. The van der Waals surface area contributed by atoms with Gasteiger partial charge in [-0.15, -0.1) is 36.2 Å². The monoisotopic (exact) mass is 252 g/mol. The highest BCUT2D eigenvalue weighted by Crippen LogP contribution is 2.18. The molecule has 2 heterocycles. The Bertz CT molecular complexity index is 310. The number of aromatic nitrogens is 1. The van der Waals surface area contributed by atoms with Gasteiger partial charge in [0.05, 0.1) is 10.7 Å². The summed E-state index contributed by atoms with van der Waals surface area (Å²) in [5, 5.41) is 6.62. The lowest BCUT2D eigenvalue weighted by molar-refractivity contribution is 0.737. The zero-order valence-electron chi connectivity index (χ0n) is 7.95. The van der Waals surface area contributed by atoms with Gasteiger partial charge in [-0.3, -0.25) is 0 Å². The fourth-order valence-corrected chi connectivity index (χ4v) is 1.99. The summed E-state index contributed by atoms with van der Waals surface area (Å²) in [6.07, 6.45) is 3.41. The average Bonchev–Trinajstić information content (AvgIpc) is 2.54. The molecule has 2 nitrogen and oxygen atoms in total. The van der Waals surface area contributed by atoms with Crippen LogP contribution in [0.15, 0.2) is 11.5 Å². The first-order chi connectivity index (χ1) is 5.86. The standard InChI is InChI=1S/C9H12N2S.2ClH/c1-7-11-9(6-12-7)8-3-2-4-10-5-8;;/h3,6,10H,2,4-5H2,1H3;2*1H. The summed E-state index contributed by atoms with van der Waals surface area (Å²) < 4.78 is 0. The minimum absolute atomic E-state index is 0. The van der Waals surface area contributed by atoms with Crippen molar-refractivity contribution in [1.82, 2.24) is 10.3 Å². The van der Waals surface area contributed by atoms with Crippen LogP contribution >= 0.6 is 36.2 Å². The minimum Gasteiger partial charge on any atom is -0.312 e.